The van der Waals surface area contributed by atoms with Crippen LogP contribution in [-0.4, -0.2) is 24.9 Å². The SMILES string of the molecule is C[C@@H](NC(=O)CSc1ccc2c(c1)OCCCO2)c1ccccc1. The van der Waals surface area contributed by atoms with E-state index in [1.54, 1.807) is 0 Å². The highest BCUT2D eigenvalue weighted by molar-refractivity contribution is 8.00. The number of fused-ring (bicyclic) bond motifs is 1. The molecule has 1 aliphatic heterocycles. The Kier molecular flexibility index (Phi) is 5.64. The molecular weight excluding hydrogens is 322 g/mol. The standard InChI is InChI=1S/C19H21NO3S/c1-14(15-6-3-2-4-7-15)20-19(21)13-24-16-8-9-17-18(12-16)23-11-5-10-22-17/h2-4,6-9,12,14H,5,10-11,13H2,1H3,(H,20,21)/t14-/m1/s1. The Labute approximate surface area is 146 Å². The topological polar surface area (TPSA) is 47.6 Å². The van der Waals surface area contributed by atoms with Crippen LogP contribution in [0.2, 0.25) is 0 Å². The summed E-state index contributed by atoms with van der Waals surface area (Å²) in [6, 6.07) is 15.8. The van der Waals surface area contributed by atoms with Gasteiger partial charge in [-0.3, -0.25) is 4.79 Å². The van der Waals surface area contributed by atoms with Gasteiger partial charge in [0.25, 0.3) is 0 Å². The van der Waals surface area contributed by atoms with E-state index >= 15 is 0 Å². The number of benzene rings is 2. The third-order valence-corrected chi connectivity index (χ3v) is 4.76. The molecule has 0 spiro atoms. The molecule has 0 saturated heterocycles. The summed E-state index contributed by atoms with van der Waals surface area (Å²) in [6.07, 6.45) is 0.886. The first kappa shape index (κ1) is 16.7. The van der Waals surface area contributed by atoms with Crippen molar-refractivity contribution in [2.75, 3.05) is 19.0 Å². The van der Waals surface area contributed by atoms with Crippen molar-refractivity contribution < 1.29 is 14.3 Å². The van der Waals surface area contributed by atoms with Crippen LogP contribution in [0.15, 0.2) is 53.4 Å². The summed E-state index contributed by atoms with van der Waals surface area (Å²) in [5, 5.41) is 3.02. The van der Waals surface area contributed by atoms with Crippen LogP contribution in [0.4, 0.5) is 0 Å². The lowest BCUT2D eigenvalue weighted by atomic mass is 10.1. The lowest BCUT2D eigenvalue weighted by Gasteiger charge is -2.14. The van der Waals surface area contributed by atoms with Gasteiger partial charge >= 0.3 is 0 Å². The Balaban J connectivity index is 1.54. The maximum Gasteiger partial charge on any atom is 0.230 e. The van der Waals surface area contributed by atoms with Gasteiger partial charge in [0.15, 0.2) is 11.5 Å². The second-order valence-corrected chi connectivity index (χ2v) is 6.70. The molecule has 0 unspecified atom stereocenters. The van der Waals surface area contributed by atoms with Crippen molar-refractivity contribution in [2.45, 2.75) is 24.3 Å². The van der Waals surface area contributed by atoms with Gasteiger partial charge in [0.1, 0.15) is 0 Å². The van der Waals surface area contributed by atoms with Crippen molar-refractivity contribution >= 4 is 17.7 Å². The molecule has 4 nitrogen and oxygen atoms in total. The lowest BCUT2D eigenvalue weighted by molar-refractivity contribution is -0.119. The zero-order valence-corrected chi connectivity index (χ0v) is 14.5. The molecule has 1 atom stereocenters. The average Bonchev–Trinajstić information content (AvgIpc) is 2.85. The van der Waals surface area contributed by atoms with Gasteiger partial charge in [-0.15, -0.1) is 11.8 Å². The molecule has 5 heteroatoms. The van der Waals surface area contributed by atoms with Crippen molar-refractivity contribution in [2.24, 2.45) is 0 Å². The molecule has 2 aromatic rings. The van der Waals surface area contributed by atoms with Crippen molar-refractivity contribution in [1.29, 1.82) is 0 Å². The van der Waals surface area contributed by atoms with Gasteiger partial charge in [-0.2, -0.15) is 0 Å². The van der Waals surface area contributed by atoms with Crippen LogP contribution in [0.3, 0.4) is 0 Å². The van der Waals surface area contributed by atoms with E-state index in [9.17, 15) is 4.79 Å². The smallest absolute Gasteiger partial charge is 0.230 e. The van der Waals surface area contributed by atoms with Crippen molar-refractivity contribution in [3.8, 4) is 11.5 Å². The molecule has 3 rings (SSSR count). The van der Waals surface area contributed by atoms with Gasteiger partial charge in [0, 0.05) is 11.3 Å². The predicted octanol–water partition coefficient (Wildman–Crippen LogP) is 3.82. The minimum Gasteiger partial charge on any atom is -0.490 e. The number of rotatable bonds is 5. The summed E-state index contributed by atoms with van der Waals surface area (Å²) in [5.41, 5.74) is 1.10. The molecule has 2 aromatic carbocycles. The average molecular weight is 343 g/mol. The van der Waals surface area contributed by atoms with Crippen LogP contribution in [0.25, 0.3) is 0 Å². The van der Waals surface area contributed by atoms with Crippen molar-refractivity contribution in [1.82, 2.24) is 5.32 Å². The first-order valence-electron chi connectivity index (χ1n) is 8.09. The largest absolute Gasteiger partial charge is 0.490 e. The number of hydrogen-bond donors (Lipinski definition) is 1. The second-order valence-electron chi connectivity index (χ2n) is 5.65. The van der Waals surface area contributed by atoms with Crippen molar-refractivity contribution in [3.63, 3.8) is 0 Å². The molecule has 0 aromatic heterocycles. The highest BCUT2D eigenvalue weighted by atomic mass is 32.2. The number of carbonyl (C=O) groups is 1. The lowest BCUT2D eigenvalue weighted by Crippen LogP contribution is -2.28. The molecule has 0 bridgehead atoms. The molecule has 1 amide bonds. The van der Waals surface area contributed by atoms with E-state index in [2.05, 4.69) is 5.32 Å². The van der Waals surface area contributed by atoms with E-state index in [0.29, 0.717) is 19.0 Å². The molecule has 0 fully saturated rings. The van der Waals surface area contributed by atoms with Crippen LogP contribution in [0, 0.1) is 0 Å². The van der Waals surface area contributed by atoms with Gasteiger partial charge < -0.3 is 14.8 Å². The highest BCUT2D eigenvalue weighted by Gasteiger charge is 2.13. The predicted molar refractivity (Wildman–Crippen MR) is 95.8 cm³/mol. The van der Waals surface area contributed by atoms with Crippen LogP contribution < -0.4 is 14.8 Å². The molecule has 0 radical (unpaired) electrons. The van der Waals surface area contributed by atoms with Crippen molar-refractivity contribution in [3.05, 3.63) is 54.1 Å². The number of amides is 1. The van der Waals surface area contributed by atoms with E-state index < -0.39 is 0 Å². The Bertz CT molecular complexity index is 690. The molecule has 1 heterocycles. The van der Waals surface area contributed by atoms with Gasteiger partial charge in [0.05, 0.1) is 25.0 Å². The summed E-state index contributed by atoms with van der Waals surface area (Å²) < 4.78 is 11.3. The van der Waals surface area contributed by atoms with Gasteiger partial charge in [-0.25, -0.2) is 0 Å². The Morgan fingerprint density at radius 2 is 1.88 bits per heavy atom. The Hall–Kier alpha value is -2.14. The number of thioether (sulfide) groups is 1. The maximum absolute atomic E-state index is 12.2. The Morgan fingerprint density at radius 1 is 1.12 bits per heavy atom. The summed E-state index contributed by atoms with van der Waals surface area (Å²) in [7, 11) is 0. The first-order valence-corrected chi connectivity index (χ1v) is 9.08. The van der Waals surface area contributed by atoms with E-state index in [4.69, 9.17) is 9.47 Å². The molecule has 0 aliphatic carbocycles. The molecular formula is C19H21NO3S. The number of nitrogens with one attached hydrogen (secondary N) is 1. The van der Waals surface area contributed by atoms with Gasteiger partial charge in [-0.1, -0.05) is 30.3 Å². The fourth-order valence-electron chi connectivity index (χ4n) is 2.49. The third-order valence-electron chi connectivity index (χ3n) is 3.77. The van der Waals surface area contributed by atoms with Crippen LogP contribution in [-0.2, 0) is 4.79 Å². The van der Waals surface area contributed by atoms with E-state index in [-0.39, 0.29) is 11.9 Å². The maximum atomic E-state index is 12.2. The minimum atomic E-state index is 0.00285. The van der Waals surface area contributed by atoms with Crippen LogP contribution >= 0.6 is 11.8 Å². The second kappa shape index (κ2) is 8.11. The number of carbonyl (C=O) groups excluding carboxylic acids is 1. The van der Waals surface area contributed by atoms with Gasteiger partial charge in [0.2, 0.25) is 5.91 Å². The van der Waals surface area contributed by atoms with E-state index in [1.165, 1.54) is 11.8 Å². The third kappa shape index (κ3) is 4.45. The van der Waals surface area contributed by atoms with Crippen LogP contribution in [0.5, 0.6) is 11.5 Å². The molecule has 1 aliphatic rings. The molecule has 1 N–H and O–H groups in total. The monoisotopic (exact) mass is 343 g/mol. The highest BCUT2D eigenvalue weighted by Crippen LogP contribution is 2.33. The normalized spacial score (nSPS) is 14.5. The van der Waals surface area contributed by atoms with E-state index in [0.717, 1.165) is 28.4 Å². The Morgan fingerprint density at radius 3 is 2.67 bits per heavy atom. The van der Waals surface area contributed by atoms with Gasteiger partial charge in [-0.05, 0) is 30.7 Å². The summed E-state index contributed by atoms with van der Waals surface area (Å²) in [6.45, 7) is 3.33. The number of hydrogen-bond acceptors (Lipinski definition) is 4. The summed E-state index contributed by atoms with van der Waals surface area (Å²) in [5.74, 6) is 1.93. The van der Waals surface area contributed by atoms with Crippen LogP contribution in [0.1, 0.15) is 24.9 Å². The van der Waals surface area contributed by atoms with E-state index in [1.807, 2.05) is 55.5 Å². The summed E-state index contributed by atoms with van der Waals surface area (Å²) >= 11 is 1.50. The fraction of sp³-hybridized carbons (Fsp3) is 0.316. The molecule has 24 heavy (non-hydrogen) atoms. The first-order chi connectivity index (χ1) is 11.7. The zero-order chi connectivity index (χ0) is 16.8. The number of ether oxygens (including phenoxy) is 2. The fourth-order valence-corrected chi connectivity index (χ4v) is 3.23. The zero-order valence-electron chi connectivity index (χ0n) is 13.7. The summed E-state index contributed by atoms with van der Waals surface area (Å²) in [4.78, 5) is 13.2. The molecule has 126 valence electrons. The minimum absolute atomic E-state index is 0.00285. The molecule has 0 saturated carbocycles. The quantitative estimate of drug-likeness (QED) is 0.839.